The lowest BCUT2D eigenvalue weighted by molar-refractivity contribution is -0.144. The maximum Gasteiger partial charge on any atom is 0.303 e. The first-order chi connectivity index (χ1) is 23.4. The van der Waals surface area contributed by atoms with Crippen molar-refractivity contribution in [1.82, 2.24) is 20.5 Å². The number of aromatic nitrogens is 1. The number of carbonyl (C=O) groups excluding carboxylic acids is 3. The monoisotopic (exact) mass is 698 g/mol. The van der Waals surface area contributed by atoms with Gasteiger partial charge in [0, 0.05) is 32.4 Å². The standard InChI is InChI=1S/C38H58N4O6S/c1-27-34(49-26-40-27)29-21-19-28(20-22-29)24-39-36(47)31-23-30(43)25-42(31)37(48)35(38(2,3)4)41-32(44)17-15-13-11-9-7-5-6-8-10-12-14-16-18-33(45)46/h19-22,26,30-31,35,43H,5-18,23-25H2,1-4H3,(H,39,47)(H,41,44)(H,45,46). The summed E-state index contributed by atoms with van der Waals surface area (Å²) in [5.74, 6) is -1.55. The highest BCUT2D eigenvalue weighted by atomic mass is 32.1. The molecule has 1 aromatic heterocycles. The van der Waals surface area contributed by atoms with Gasteiger partial charge in [0.15, 0.2) is 0 Å². The number of carbonyl (C=O) groups is 4. The Morgan fingerprint density at radius 3 is 1.96 bits per heavy atom. The van der Waals surface area contributed by atoms with Crippen molar-refractivity contribution < 1.29 is 29.4 Å². The molecule has 3 rings (SSSR count). The molecular formula is C38H58N4O6S. The third kappa shape index (κ3) is 13.8. The molecule has 1 aromatic carbocycles. The number of nitrogens with one attached hydrogen (secondary N) is 2. The Morgan fingerprint density at radius 2 is 1.45 bits per heavy atom. The van der Waals surface area contributed by atoms with Gasteiger partial charge in [-0.25, -0.2) is 4.98 Å². The molecule has 3 atom stereocenters. The van der Waals surface area contributed by atoms with Gasteiger partial charge in [0.25, 0.3) is 0 Å². The number of hydrogen-bond acceptors (Lipinski definition) is 7. The van der Waals surface area contributed by atoms with Gasteiger partial charge in [-0.15, -0.1) is 11.3 Å². The third-order valence-electron chi connectivity index (χ3n) is 9.26. The van der Waals surface area contributed by atoms with E-state index in [4.69, 9.17) is 5.11 Å². The zero-order valence-electron chi connectivity index (χ0n) is 30.0. The summed E-state index contributed by atoms with van der Waals surface area (Å²) < 4.78 is 0. The number of benzene rings is 1. The minimum atomic E-state index is -0.819. The molecule has 1 aliphatic heterocycles. The van der Waals surface area contributed by atoms with Gasteiger partial charge in [-0.1, -0.05) is 109 Å². The van der Waals surface area contributed by atoms with Crippen LogP contribution >= 0.6 is 11.3 Å². The number of aliphatic carboxylic acids is 1. The summed E-state index contributed by atoms with van der Waals surface area (Å²) in [4.78, 5) is 57.5. The van der Waals surface area contributed by atoms with E-state index in [0.29, 0.717) is 13.0 Å². The van der Waals surface area contributed by atoms with Gasteiger partial charge >= 0.3 is 5.97 Å². The maximum atomic E-state index is 13.8. The normalized spacial score (nSPS) is 16.8. The molecule has 1 aliphatic rings. The van der Waals surface area contributed by atoms with Crippen LogP contribution in [-0.2, 0) is 25.7 Å². The first-order valence-corrected chi connectivity index (χ1v) is 19.0. The Kier molecular flexibility index (Phi) is 16.7. The number of unbranched alkanes of at least 4 members (excludes halogenated alkanes) is 11. The lowest BCUT2D eigenvalue weighted by Gasteiger charge is -2.35. The summed E-state index contributed by atoms with van der Waals surface area (Å²) >= 11 is 1.59. The quantitative estimate of drug-likeness (QED) is 0.105. The van der Waals surface area contributed by atoms with Gasteiger partial charge in [0.2, 0.25) is 17.7 Å². The zero-order valence-corrected chi connectivity index (χ0v) is 30.8. The van der Waals surface area contributed by atoms with Crippen molar-refractivity contribution in [3.05, 3.63) is 41.0 Å². The second kappa shape index (κ2) is 20.4. The van der Waals surface area contributed by atoms with Crippen molar-refractivity contribution in [2.24, 2.45) is 5.41 Å². The molecule has 4 N–H and O–H groups in total. The Hall–Kier alpha value is -3.31. The third-order valence-corrected chi connectivity index (χ3v) is 10.2. The Morgan fingerprint density at radius 1 is 0.898 bits per heavy atom. The topological polar surface area (TPSA) is 149 Å². The largest absolute Gasteiger partial charge is 0.481 e. The average molecular weight is 699 g/mol. The molecule has 10 nitrogen and oxygen atoms in total. The second-order valence-corrected chi connectivity index (χ2v) is 15.4. The molecule has 0 aliphatic carbocycles. The molecule has 3 unspecified atom stereocenters. The fraction of sp³-hybridized carbons (Fsp3) is 0.658. The van der Waals surface area contributed by atoms with Crippen LogP contribution in [0.2, 0.25) is 0 Å². The molecule has 0 radical (unpaired) electrons. The number of carboxylic acid groups (broad SMARTS) is 1. The van der Waals surface area contributed by atoms with Crippen LogP contribution in [0.5, 0.6) is 0 Å². The van der Waals surface area contributed by atoms with Gasteiger partial charge < -0.3 is 25.7 Å². The summed E-state index contributed by atoms with van der Waals surface area (Å²) in [6, 6.07) is 6.31. The maximum absolute atomic E-state index is 13.8. The van der Waals surface area contributed by atoms with Gasteiger partial charge in [-0.3, -0.25) is 19.2 Å². The van der Waals surface area contributed by atoms with Crippen LogP contribution in [0.15, 0.2) is 29.8 Å². The van der Waals surface area contributed by atoms with E-state index < -0.39 is 29.6 Å². The van der Waals surface area contributed by atoms with E-state index in [-0.39, 0.29) is 37.1 Å². The molecular weight excluding hydrogens is 641 g/mol. The van der Waals surface area contributed by atoms with Gasteiger partial charge in [0.1, 0.15) is 12.1 Å². The van der Waals surface area contributed by atoms with E-state index in [1.807, 2.05) is 57.5 Å². The number of aliphatic hydroxyl groups is 1. The van der Waals surface area contributed by atoms with E-state index in [9.17, 15) is 24.3 Å². The minimum Gasteiger partial charge on any atom is -0.481 e. The summed E-state index contributed by atoms with van der Waals surface area (Å²) in [7, 11) is 0. The van der Waals surface area contributed by atoms with Gasteiger partial charge in [0.05, 0.1) is 22.2 Å². The van der Waals surface area contributed by atoms with Gasteiger partial charge in [-0.2, -0.15) is 0 Å². The van der Waals surface area contributed by atoms with Gasteiger partial charge in [-0.05, 0) is 36.3 Å². The van der Waals surface area contributed by atoms with Crippen molar-refractivity contribution in [3.8, 4) is 10.4 Å². The number of rotatable bonds is 21. The summed E-state index contributed by atoms with van der Waals surface area (Å²) in [6.45, 7) is 8.02. The fourth-order valence-corrected chi connectivity index (χ4v) is 7.15. The zero-order chi connectivity index (χ0) is 35.8. The van der Waals surface area contributed by atoms with Crippen molar-refractivity contribution >= 4 is 35.0 Å². The number of nitrogens with zero attached hydrogens (tertiary/aromatic N) is 2. The lowest BCUT2D eigenvalue weighted by Crippen LogP contribution is -2.57. The second-order valence-electron chi connectivity index (χ2n) is 14.6. The molecule has 1 fully saturated rings. The Balaban J connectivity index is 1.38. The molecule has 0 saturated carbocycles. The number of hydrogen-bond donors (Lipinski definition) is 4. The number of β-amino-alcohol motifs (C(OH)–C–C–N with tert-alkyl or cyclic N) is 1. The first kappa shape index (κ1) is 40.1. The number of aliphatic hydroxyl groups excluding tert-OH is 1. The van der Waals surface area contributed by atoms with E-state index in [2.05, 4.69) is 15.6 Å². The van der Waals surface area contributed by atoms with E-state index in [1.165, 1.54) is 37.0 Å². The average Bonchev–Trinajstić information content (AvgIpc) is 3.67. The molecule has 1 saturated heterocycles. The number of likely N-dealkylation sites (tertiary alicyclic amines) is 1. The molecule has 3 amide bonds. The highest BCUT2D eigenvalue weighted by molar-refractivity contribution is 7.13. The van der Waals surface area contributed by atoms with Crippen molar-refractivity contribution in [3.63, 3.8) is 0 Å². The fourth-order valence-electron chi connectivity index (χ4n) is 6.34. The van der Waals surface area contributed by atoms with Crippen LogP contribution in [0, 0.1) is 12.3 Å². The predicted molar refractivity (Wildman–Crippen MR) is 194 cm³/mol. The SMILES string of the molecule is Cc1ncsc1-c1ccc(CNC(=O)C2CC(O)CN2C(=O)C(NC(=O)CCCCCCCCCCCCCCC(=O)O)C(C)(C)C)cc1. The molecule has 2 heterocycles. The lowest BCUT2D eigenvalue weighted by atomic mass is 9.85. The minimum absolute atomic E-state index is 0.0507. The summed E-state index contributed by atoms with van der Waals surface area (Å²) in [5, 5.41) is 25.1. The summed E-state index contributed by atoms with van der Waals surface area (Å²) in [6.07, 6.45) is 12.7. The van der Waals surface area contributed by atoms with Crippen molar-refractivity contribution in [2.45, 2.75) is 149 Å². The van der Waals surface area contributed by atoms with E-state index in [0.717, 1.165) is 66.6 Å². The van der Waals surface area contributed by atoms with Crippen LogP contribution in [0.4, 0.5) is 0 Å². The highest BCUT2D eigenvalue weighted by Crippen LogP contribution is 2.28. The molecule has 0 bridgehead atoms. The van der Waals surface area contributed by atoms with Crippen LogP contribution in [0.3, 0.4) is 0 Å². The first-order valence-electron chi connectivity index (χ1n) is 18.1. The van der Waals surface area contributed by atoms with Crippen molar-refractivity contribution in [2.75, 3.05) is 6.54 Å². The number of carboxylic acids is 1. The molecule has 0 spiro atoms. The summed E-state index contributed by atoms with van der Waals surface area (Å²) in [5.41, 5.74) is 4.22. The van der Waals surface area contributed by atoms with Crippen LogP contribution < -0.4 is 10.6 Å². The Labute approximate surface area is 296 Å². The highest BCUT2D eigenvalue weighted by Gasteiger charge is 2.44. The molecule has 272 valence electrons. The van der Waals surface area contributed by atoms with Crippen LogP contribution in [0.25, 0.3) is 10.4 Å². The van der Waals surface area contributed by atoms with E-state index >= 15 is 0 Å². The number of thiazole rings is 1. The number of amides is 3. The molecule has 11 heteroatoms. The molecule has 2 aromatic rings. The van der Waals surface area contributed by atoms with Crippen molar-refractivity contribution in [1.29, 1.82) is 0 Å². The molecule has 49 heavy (non-hydrogen) atoms. The predicted octanol–water partition coefficient (Wildman–Crippen LogP) is 6.77. The van der Waals surface area contributed by atoms with E-state index in [1.54, 1.807) is 11.3 Å². The van der Waals surface area contributed by atoms with Crippen LogP contribution in [-0.4, -0.2) is 68.5 Å². The Bertz CT molecular complexity index is 1340. The number of aryl methyl sites for hydroxylation is 1. The van der Waals surface area contributed by atoms with Crippen LogP contribution in [0.1, 0.15) is 128 Å². The smallest absolute Gasteiger partial charge is 0.303 e.